The molecule has 4 heteroatoms. The Morgan fingerprint density at radius 1 is 0.793 bits per heavy atom. The van der Waals surface area contributed by atoms with Crippen LogP contribution in [0.2, 0.25) is 0 Å². The quantitative estimate of drug-likeness (QED) is 0.655. The predicted octanol–water partition coefficient (Wildman–Crippen LogP) is 4.73. The highest BCUT2D eigenvalue weighted by atomic mass is 16.2. The van der Waals surface area contributed by atoms with Gasteiger partial charge in [0.05, 0.1) is 0 Å². The highest BCUT2D eigenvalue weighted by molar-refractivity contribution is 6.14. The van der Waals surface area contributed by atoms with E-state index in [0.29, 0.717) is 0 Å². The number of anilines is 2. The van der Waals surface area contributed by atoms with Crippen molar-refractivity contribution in [3.8, 4) is 0 Å². The normalized spacial score (nSPS) is 17.0. The van der Waals surface area contributed by atoms with Gasteiger partial charge in [-0.1, -0.05) is 60.2 Å². The van der Waals surface area contributed by atoms with Crippen molar-refractivity contribution < 1.29 is 9.59 Å². The van der Waals surface area contributed by atoms with Gasteiger partial charge in [0.1, 0.15) is 12.6 Å². The van der Waals surface area contributed by atoms with Crippen molar-refractivity contribution in [3.05, 3.63) is 95.1 Å². The van der Waals surface area contributed by atoms with E-state index in [1.165, 1.54) is 0 Å². The number of para-hydroxylation sites is 1. The molecule has 0 bridgehead atoms. The van der Waals surface area contributed by atoms with Gasteiger partial charge in [0.2, 0.25) is 5.91 Å². The summed E-state index contributed by atoms with van der Waals surface area (Å²) in [6, 6.07) is 22.4. The Morgan fingerprint density at radius 2 is 1.48 bits per heavy atom. The molecule has 3 aromatic carbocycles. The van der Waals surface area contributed by atoms with Crippen molar-refractivity contribution in [3.63, 3.8) is 0 Å². The minimum Gasteiger partial charge on any atom is -0.301 e. The minimum absolute atomic E-state index is 0.0282. The van der Waals surface area contributed by atoms with Crippen LogP contribution in [-0.4, -0.2) is 18.4 Å². The summed E-state index contributed by atoms with van der Waals surface area (Å²) in [5.74, 6) is -0.187. The number of benzene rings is 3. The molecule has 0 N–H and O–H groups in total. The van der Waals surface area contributed by atoms with E-state index in [9.17, 15) is 9.59 Å². The number of rotatable bonds is 3. The van der Waals surface area contributed by atoms with Crippen LogP contribution in [0.25, 0.3) is 0 Å². The maximum Gasteiger partial charge on any atom is 0.255 e. The molecule has 1 fully saturated rings. The Morgan fingerprint density at radius 3 is 2.17 bits per heavy atom. The largest absolute Gasteiger partial charge is 0.301 e. The molecule has 0 aliphatic carbocycles. The van der Waals surface area contributed by atoms with E-state index in [1.54, 1.807) is 9.80 Å². The zero-order valence-electron chi connectivity index (χ0n) is 16.9. The summed E-state index contributed by atoms with van der Waals surface area (Å²) in [6.45, 7) is 6.05. The first-order valence-electron chi connectivity index (χ1n) is 9.78. The molecular weight excluding hydrogens is 360 g/mol. The summed E-state index contributed by atoms with van der Waals surface area (Å²) in [4.78, 5) is 30.3. The summed E-state index contributed by atoms with van der Waals surface area (Å²) in [6.07, 6.45) is 0. The molecule has 1 aliphatic heterocycles. The Kier molecular flexibility index (Phi) is 4.93. The van der Waals surface area contributed by atoms with Gasteiger partial charge in [0, 0.05) is 11.4 Å². The van der Waals surface area contributed by atoms with Gasteiger partial charge < -0.3 is 4.90 Å². The van der Waals surface area contributed by atoms with E-state index >= 15 is 0 Å². The average molecular weight is 384 g/mol. The van der Waals surface area contributed by atoms with Crippen LogP contribution in [0.4, 0.5) is 11.4 Å². The molecule has 1 unspecified atom stereocenters. The second kappa shape index (κ2) is 7.55. The topological polar surface area (TPSA) is 40.6 Å². The highest BCUT2D eigenvalue weighted by Gasteiger charge is 2.42. The van der Waals surface area contributed by atoms with Gasteiger partial charge in [-0.25, -0.2) is 0 Å². The van der Waals surface area contributed by atoms with E-state index in [-0.39, 0.29) is 18.4 Å². The fourth-order valence-electron chi connectivity index (χ4n) is 3.85. The Hall–Kier alpha value is -3.40. The summed E-state index contributed by atoms with van der Waals surface area (Å²) in [5.41, 5.74) is 5.57. The molecule has 4 nitrogen and oxygen atoms in total. The molecule has 1 atom stereocenters. The first-order valence-corrected chi connectivity index (χ1v) is 9.78. The smallest absolute Gasteiger partial charge is 0.255 e. The van der Waals surface area contributed by atoms with E-state index < -0.39 is 6.04 Å². The second-order valence-corrected chi connectivity index (χ2v) is 7.56. The zero-order valence-corrected chi connectivity index (χ0v) is 16.9. The van der Waals surface area contributed by atoms with Gasteiger partial charge >= 0.3 is 0 Å². The summed E-state index contributed by atoms with van der Waals surface area (Å²) >= 11 is 0. The lowest BCUT2D eigenvalue weighted by atomic mass is 9.97. The molecular formula is C25H24N2O2. The van der Waals surface area contributed by atoms with Gasteiger partial charge in [-0.3, -0.25) is 14.5 Å². The van der Waals surface area contributed by atoms with Crippen LogP contribution in [0.1, 0.15) is 28.3 Å². The lowest BCUT2D eigenvalue weighted by molar-refractivity contribution is -0.128. The van der Waals surface area contributed by atoms with Gasteiger partial charge in [-0.15, -0.1) is 0 Å². The standard InChI is InChI=1S/C25H24N2O2/c1-17-12-14-20(15-13-17)24-25(29)26(22-11-7-8-18(2)19(22)3)16-23(28)27(24)21-9-5-4-6-10-21/h4-15,24H,16H2,1-3H3. The van der Waals surface area contributed by atoms with Crippen molar-refractivity contribution in [2.75, 3.05) is 16.3 Å². The summed E-state index contributed by atoms with van der Waals surface area (Å²) in [7, 11) is 0. The van der Waals surface area contributed by atoms with Gasteiger partial charge in [-0.05, 0) is 55.7 Å². The third-order valence-corrected chi connectivity index (χ3v) is 5.61. The molecule has 0 aromatic heterocycles. The lowest BCUT2D eigenvalue weighted by Gasteiger charge is -2.41. The average Bonchev–Trinajstić information content (AvgIpc) is 2.73. The maximum atomic E-state index is 13.7. The van der Waals surface area contributed by atoms with Gasteiger partial charge in [0.15, 0.2) is 0 Å². The van der Waals surface area contributed by atoms with Crippen molar-refractivity contribution in [1.82, 2.24) is 0 Å². The maximum absolute atomic E-state index is 13.7. The Labute approximate surface area is 171 Å². The molecule has 2 amide bonds. The lowest BCUT2D eigenvalue weighted by Crippen LogP contribution is -2.56. The fraction of sp³-hybridized carbons (Fsp3) is 0.200. The van der Waals surface area contributed by atoms with Crippen LogP contribution in [0.15, 0.2) is 72.8 Å². The van der Waals surface area contributed by atoms with Crippen LogP contribution in [0, 0.1) is 20.8 Å². The number of carbonyl (C=O) groups is 2. The molecule has 0 radical (unpaired) electrons. The number of hydrogen-bond donors (Lipinski definition) is 0. The minimum atomic E-state index is -0.695. The van der Waals surface area contributed by atoms with Crippen LogP contribution in [-0.2, 0) is 9.59 Å². The molecule has 1 aliphatic rings. The van der Waals surface area contributed by atoms with E-state index in [1.807, 2.05) is 93.6 Å². The van der Waals surface area contributed by atoms with E-state index in [0.717, 1.165) is 33.6 Å². The zero-order chi connectivity index (χ0) is 20.5. The second-order valence-electron chi connectivity index (χ2n) is 7.56. The van der Waals surface area contributed by atoms with Crippen molar-refractivity contribution in [2.24, 2.45) is 0 Å². The third kappa shape index (κ3) is 3.42. The number of hydrogen-bond acceptors (Lipinski definition) is 2. The van der Waals surface area contributed by atoms with Crippen LogP contribution >= 0.6 is 0 Å². The molecule has 29 heavy (non-hydrogen) atoms. The summed E-state index contributed by atoms with van der Waals surface area (Å²) in [5, 5.41) is 0. The number of carbonyl (C=O) groups excluding carboxylic acids is 2. The number of aryl methyl sites for hydroxylation is 2. The Balaban J connectivity index is 1.84. The van der Waals surface area contributed by atoms with Crippen molar-refractivity contribution >= 4 is 23.2 Å². The van der Waals surface area contributed by atoms with Crippen LogP contribution in [0.5, 0.6) is 0 Å². The molecule has 0 saturated carbocycles. The first kappa shape index (κ1) is 18.9. The number of nitrogens with zero attached hydrogens (tertiary/aromatic N) is 2. The first-order chi connectivity index (χ1) is 14.0. The van der Waals surface area contributed by atoms with Gasteiger partial charge in [-0.2, -0.15) is 0 Å². The third-order valence-electron chi connectivity index (χ3n) is 5.61. The molecule has 0 spiro atoms. The molecule has 4 rings (SSSR count). The van der Waals surface area contributed by atoms with E-state index in [4.69, 9.17) is 0 Å². The van der Waals surface area contributed by atoms with Crippen molar-refractivity contribution in [1.29, 1.82) is 0 Å². The molecule has 1 heterocycles. The van der Waals surface area contributed by atoms with E-state index in [2.05, 4.69) is 0 Å². The predicted molar refractivity (Wildman–Crippen MR) is 116 cm³/mol. The number of piperazine rings is 1. The SMILES string of the molecule is Cc1ccc(C2C(=O)N(c3cccc(C)c3C)CC(=O)N2c2ccccc2)cc1. The number of amides is 2. The Bertz CT molecular complexity index is 1060. The summed E-state index contributed by atoms with van der Waals surface area (Å²) < 4.78 is 0. The van der Waals surface area contributed by atoms with Crippen LogP contribution < -0.4 is 9.80 Å². The fourth-order valence-corrected chi connectivity index (χ4v) is 3.85. The van der Waals surface area contributed by atoms with Gasteiger partial charge in [0.25, 0.3) is 5.91 Å². The monoisotopic (exact) mass is 384 g/mol. The van der Waals surface area contributed by atoms with Crippen LogP contribution in [0.3, 0.4) is 0 Å². The molecule has 146 valence electrons. The highest BCUT2D eigenvalue weighted by Crippen LogP contribution is 2.35. The molecule has 1 saturated heterocycles. The van der Waals surface area contributed by atoms with Crippen molar-refractivity contribution in [2.45, 2.75) is 26.8 Å². The molecule has 3 aromatic rings.